The van der Waals surface area contributed by atoms with E-state index in [1.165, 1.54) is 60.1 Å². The second kappa shape index (κ2) is 7.11. The van der Waals surface area contributed by atoms with Crippen LogP contribution in [0.1, 0.15) is 5.56 Å². The first-order valence-electron chi connectivity index (χ1n) is 10.8. The van der Waals surface area contributed by atoms with Gasteiger partial charge in [0.2, 0.25) is 0 Å². The molecule has 31 heavy (non-hydrogen) atoms. The summed E-state index contributed by atoms with van der Waals surface area (Å²) in [5.74, 6) is 0. The standard InChI is InChI=1S/C31H22/c1-21-15-17-22(18-16-21)24-19-29(23-9-3-2-4-10-23)31-28-14-8-7-12-26(28)25-11-5-6-13-27(25)30(31)20-24/h2-20H,1H3. The van der Waals surface area contributed by atoms with Crippen LogP contribution in [0, 0.1) is 6.92 Å². The second-order valence-electron chi connectivity index (χ2n) is 8.27. The third-order valence-corrected chi connectivity index (χ3v) is 6.31. The Labute approximate surface area is 182 Å². The highest BCUT2D eigenvalue weighted by Gasteiger charge is 2.14. The van der Waals surface area contributed by atoms with Crippen molar-refractivity contribution in [2.24, 2.45) is 0 Å². The van der Waals surface area contributed by atoms with E-state index in [4.69, 9.17) is 0 Å². The summed E-state index contributed by atoms with van der Waals surface area (Å²) in [6.07, 6.45) is 0. The molecule has 0 aliphatic heterocycles. The lowest BCUT2D eigenvalue weighted by molar-refractivity contribution is 1.47. The fraction of sp³-hybridized carbons (Fsp3) is 0.0323. The molecule has 6 aromatic rings. The van der Waals surface area contributed by atoms with Crippen molar-refractivity contribution in [1.29, 1.82) is 0 Å². The van der Waals surface area contributed by atoms with Crippen LogP contribution in [-0.2, 0) is 0 Å². The highest BCUT2D eigenvalue weighted by atomic mass is 14.2. The van der Waals surface area contributed by atoms with Gasteiger partial charge < -0.3 is 0 Å². The van der Waals surface area contributed by atoms with E-state index < -0.39 is 0 Å². The van der Waals surface area contributed by atoms with Crippen molar-refractivity contribution in [3.63, 3.8) is 0 Å². The molecular formula is C31H22. The van der Waals surface area contributed by atoms with Crippen molar-refractivity contribution in [1.82, 2.24) is 0 Å². The first kappa shape index (κ1) is 17.9. The van der Waals surface area contributed by atoms with Crippen LogP contribution in [-0.4, -0.2) is 0 Å². The first-order chi connectivity index (χ1) is 15.3. The van der Waals surface area contributed by atoms with Crippen LogP contribution in [0.4, 0.5) is 0 Å². The van der Waals surface area contributed by atoms with Gasteiger partial charge in [0, 0.05) is 0 Å². The van der Waals surface area contributed by atoms with Crippen LogP contribution in [0.25, 0.3) is 54.6 Å². The van der Waals surface area contributed by atoms with Gasteiger partial charge in [0.15, 0.2) is 0 Å². The number of hydrogen-bond acceptors (Lipinski definition) is 0. The average Bonchev–Trinajstić information content (AvgIpc) is 2.84. The van der Waals surface area contributed by atoms with Crippen LogP contribution >= 0.6 is 0 Å². The van der Waals surface area contributed by atoms with Crippen LogP contribution < -0.4 is 0 Å². The van der Waals surface area contributed by atoms with Gasteiger partial charge in [-0.3, -0.25) is 0 Å². The molecule has 0 aliphatic carbocycles. The third kappa shape index (κ3) is 2.92. The van der Waals surface area contributed by atoms with Gasteiger partial charge >= 0.3 is 0 Å². The zero-order chi connectivity index (χ0) is 20.8. The largest absolute Gasteiger partial charge is 0.0622 e. The van der Waals surface area contributed by atoms with Gasteiger partial charge in [0.1, 0.15) is 0 Å². The van der Waals surface area contributed by atoms with Crippen LogP contribution in [0.5, 0.6) is 0 Å². The SMILES string of the molecule is Cc1ccc(-c2cc(-c3ccccc3)c3c4ccccc4c4ccccc4c3c2)cc1. The van der Waals surface area contributed by atoms with Gasteiger partial charge in [-0.05, 0) is 73.6 Å². The molecule has 0 aliphatic rings. The topological polar surface area (TPSA) is 0 Å². The summed E-state index contributed by atoms with van der Waals surface area (Å²) in [6, 6.07) is 42.0. The maximum atomic E-state index is 2.38. The van der Waals surface area contributed by atoms with Crippen molar-refractivity contribution < 1.29 is 0 Å². The number of fused-ring (bicyclic) bond motifs is 6. The van der Waals surface area contributed by atoms with Gasteiger partial charge in [0.05, 0.1) is 0 Å². The van der Waals surface area contributed by atoms with E-state index in [1.54, 1.807) is 0 Å². The van der Waals surface area contributed by atoms with E-state index in [2.05, 4.69) is 122 Å². The smallest absolute Gasteiger partial charge is 0.00199 e. The molecule has 0 saturated carbocycles. The molecule has 0 bridgehead atoms. The van der Waals surface area contributed by atoms with Crippen LogP contribution in [0.3, 0.4) is 0 Å². The fourth-order valence-electron chi connectivity index (χ4n) is 4.79. The Kier molecular flexibility index (Phi) is 4.11. The number of aryl methyl sites for hydroxylation is 1. The molecule has 0 spiro atoms. The summed E-state index contributed by atoms with van der Waals surface area (Å²) >= 11 is 0. The van der Waals surface area contributed by atoms with E-state index in [9.17, 15) is 0 Å². The Morgan fingerprint density at radius 1 is 0.387 bits per heavy atom. The van der Waals surface area contributed by atoms with Crippen molar-refractivity contribution in [2.75, 3.05) is 0 Å². The van der Waals surface area contributed by atoms with E-state index in [1.807, 2.05) is 0 Å². The fourth-order valence-corrected chi connectivity index (χ4v) is 4.79. The summed E-state index contributed by atoms with van der Waals surface area (Å²) in [7, 11) is 0. The van der Waals surface area contributed by atoms with Gasteiger partial charge in [0.25, 0.3) is 0 Å². The van der Waals surface area contributed by atoms with E-state index >= 15 is 0 Å². The summed E-state index contributed by atoms with van der Waals surface area (Å²) < 4.78 is 0. The summed E-state index contributed by atoms with van der Waals surface area (Å²) in [5, 5.41) is 7.88. The minimum Gasteiger partial charge on any atom is -0.0622 e. The molecule has 0 atom stereocenters. The minimum absolute atomic E-state index is 1.25. The first-order valence-corrected chi connectivity index (χ1v) is 10.8. The molecule has 0 heterocycles. The molecular weight excluding hydrogens is 372 g/mol. The van der Waals surface area contributed by atoms with Gasteiger partial charge in [-0.1, -0.05) is 109 Å². The van der Waals surface area contributed by atoms with Crippen molar-refractivity contribution in [3.05, 3.63) is 121 Å². The average molecular weight is 395 g/mol. The van der Waals surface area contributed by atoms with Crippen LogP contribution in [0.15, 0.2) is 115 Å². The lowest BCUT2D eigenvalue weighted by Gasteiger charge is -2.17. The normalized spacial score (nSPS) is 11.4. The van der Waals surface area contributed by atoms with Crippen LogP contribution in [0.2, 0.25) is 0 Å². The molecule has 146 valence electrons. The molecule has 0 saturated heterocycles. The summed E-state index contributed by atoms with van der Waals surface area (Å²) in [4.78, 5) is 0. The predicted molar refractivity (Wildman–Crippen MR) is 135 cm³/mol. The van der Waals surface area contributed by atoms with Crippen molar-refractivity contribution >= 4 is 32.3 Å². The molecule has 0 heteroatoms. The third-order valence-electron chi connectivity index (χ3n) is 6.31. The highest BCUT2D eigenvalue weighted by molar-refractivity contribution is 6.29. The van der Waals surface area contributed by atoms with E-state index in [0.29, 0.717) is 0 Å². The van der Waals surface area contributed by atoms with Gasteiger partial charge in [-0.2, -0.15) is 0 Å². The van der Waals surface area contributed by atoms with Crippen molar-refractivity contribution in [3.8, 4) is 22.3 Å². The lowest BCUT2D eigenvalue weighted by Crippen LogP contribution is -1.89. The Bertz CT molecular complexity index is 1560. The van der Waals surface area contributed by atoms with Gasteiger partial charge in [-0.25, -0.2) is 0 Å². The zero-order valence-electron chi connectivity index (χ0n) is 17.5. The Balaban J connectivity index is 1.84. The molecule has 0 unspecified atom stereocenters. The zero-order valence-corrected chi connectivity index (χ0v) is 17.5. The van der Waals surface area contributed by atoms with E-state index in [-0.39, 0.29) is 0 Å². The number of benzene rings is 6. The van der Waals surface area contributed by atoms with Crippen molar-refractivity contribution in [2.45, 2.75) is 6.92 Å². The van der Waals surface area contributed by atoms with E-state index in [0.717, 1.165) is 0 Å². The minimum atomic E-state index is 1.25. The Hall–Kier alpha value is -3.90. The lowest BCUT2D eigenvalue weighted by atomic mass is 9.87. The summed E-state index contributed by atoms with van der Waals surface area (Å²) in [6.45, 7) is 2.14. The number of rotatable bonds is 2. The maximum Gasteiger partial charge on any atom is -0.00199 e. The Morgan fingerprint density at radius 3 is 1.61 bits per heavy atom. The highest BCUT2D eigenvalue weighted by Crippen LogP contribution is 2.42. The molecule has 0 nitrogen and oxygen atoms in total. The molecule has 6 rings (SSSR count). The summed E-state index contributed by atoms with van der Waals surface area (Å²) in [5.41, 5.74) is 6.33. The molecule has 6 aromatic carbocycles. The predicted octanol–water partition coefficient (Wildman–Crippen LogP) is 8.79. The number of hydrogen-bond donors (Lipinski definition) is 0. The quantitative estimate of drug-likeness (QED) is 0.257. The van der Waals surface area contributed by atoms with Gasteiger partial charge in [-0.15, -0.1) is 0 Å². The maximum absolute atomic E-state index is 2.38. The second-order valence-corrected chi connectivity index (χ2v) is 8.27. The molecule has 0 aromatic heterocycles. The molecule has 0 radical (unpaired) electrons. The monoisotopic (exact) mass is 394 g/mol. The Morgan fingerprint density at radius 2 is 0.935 bits per heavy atom. The molecule has 0 amide bonds. The molecule has 0 N–H and O–H groups in total. The molecule has 0 fully saturated rings.